The predicted molar refractivity (Wildman–Crippen MR) is 97.8 cm³/mol. The molecule has 0 N–H and O–H groups in total. The number of aromatic nitrogens is 1. The summed E-state index contributed by atoms with van der Waals surface area (Å²) < 4.78 is 2.06. The third kappa shape index (κ3) is 4.25. The van der Waals surface area contributed by atoms with E-state index in [1.54, 1.807) is 4.90 Å². The lowest BCUT2D eigenvalue weighted by atomic mass is 10.1. The van der Waals surface area contributed by atoms with Crippen LogP contribution in [0.3, 0.4) is 0 Å². The van der Waals surface area contributed by atoms with Crippen LogP contribution in [0.25, 0.3) is 0 Å². The first-order chi connectivity index (χ1) is 12.0. The summed E-state index contributed by atoms with van der Waals surface area (Å²) in [6.45, 7) is 4.88. The third-order valence-corrected chi connectivity index (χ3v) is 5.61. The van der Waals surface area contributed by atoms with Crippen molar-refractivity contribution < 1.29 is 9.59 Å². The second-order valence-electron chi connectivity index (χ2n) is 7.90. The minimum Gasteiger partial charge on any atom is -0.353 e. The second kappa shape index (κ2) is 7.63. The van der Waals surface area contributed by atoms with Gasteiger partial charge in [-0.15, -0.1) is 0 Å². The highest BCUT2D eigenvalue weighted by Gasteiger charge is 2.36. The van der Waals surface area contributed by atoms with Gasteiger partial charge in [0.1, 0.15) is 6.54 Å². The Morgan fingerprint density at radius 2 is 1.88 bits per heavy atom. The molecule has 1 heterocycles. The lowest BCUT2D eigenvalue weighted by molar-refractivity contribution is -0.145. The minimum atomic E-state index is 0.0631. The highest BCUT2D eigenvalue weighted by atomic mass is 16.2. The fourth-order valence-electron chi connectivity index (χ4n) is 3.80. The number of carbonyl (C=O) groups excluding carboxylic acids is 2. The van der Waals surface area contributed by atoms with Gasteiger partial charge in [0.05, 0.1) is 6.54 Å². The number of aryl methyl sites for hydroxylation is 1. The van der Waals surface area contributed by atoms with E-state index in [0.717, 1.165) is 44.2 Å². The van der Waals surface area contributed by atoms with E-state index in [0.29, 0.717) is 12.6 Å². The molecule has 0 aliphatic heterocycles. The second-order valence-corrected chi connectivity index (χ2v) is 7.90. The fourth-order valence-corrected chi connectivity index (χ4v) is 3.80. The van der Waals surface area contributed by atoms with Crippen LogP contribution in [0.2, 0.25) is 0 Å². The Balaban J connectivity index is 1.68. The van der Waals surface area contributed by atoms with E-state index in [2.05, 4.69) is 10.6 Å². The van der Waals surface area contributed by atoms with Crippen LogP contribution in [-0.4, -0.2) is 44.8 Å². The topological polar surface area (TPSA) is 45.6 Å². The van der Waals surface area contributed by atoms with Gasteiger partial charge >= 0.3 is 0 Å². The Morgan fingerprint density at radius 3 is 2.40 bits per heavy atom. The molecule has 0 atom stereocenters. The normalized spacial score (nSPS) is 17.9. The molecule has 25 heavy (non-hydrogen) atoms. The van der Waals surface area contributed by atoms with Crippen molar-refractivity contribution in [1.29, 1.82) is 0 Å². The molecule has 2 saturated carbocycles. The number of hydrogen-bond donors (Lipinski definition) is 0. The molecule has 0 spiro atoms. The Bertz CT molecular complexity index is 612. The van der Waals surface area contributed by atoms with Gasteiger partial charge in [0, 0.05) is 36.9 Å². The molecular weight excluding hydrogens is 314 g/mol. The third-order valence-electron chi connectivity index (χ3n) is 5.61. The fraction of sp³-hybridized carbons (Fsp3) is 0.700. The maximum atomic E-state index is 13.0. The summed E-state index contributed by atoms with van der Waals surface area (Å²) in [7, 11) is 2.01. The van der Waals surface area contributed by atoms with E-state index in [9.17, 15) is 9.59 Å². The lowest BCUT2D eigenvalue weighted by Gasteiger charge is -2.32. The molecule has 1 aromatic rings. The largest absolute Gasteiger partial charge is 0.353 e. The van der Waals surface area contributed by atoms with Crippen molar-refractivity contribution >= 4 is 11.8 Å². The van der Waals surface area contributed by atoms with Crippen LogP contribution in [0.5, 0.6) is 0 Å². The summed E-state index contributed by atoms with van der Waals surface area (Å²) in [6, 6.07) is 4.48. The smallest absolute Gasteiger partial charge is 0.242 e. The lowest BCUT2D eigenvalue weighted by Crippen LogP contribution is -2.48. The predicted octanol–water partition coefficient (Wildman–Crippen LogP) is 2.94. The van der Waals surface area contributed by atoms with Gasteiger partial charge in [-0.3, -0.25) is 9.59 Å². The molecule has 2 aliphatic rings. The molecule has 0 radical (unpaired) electrons. The summed E-state index contributed by atoms with van der Waals surface area (Å²) in [4.78, 5) is 29.7. The van der Waals surface area contributed by atoms with Gasteiger partial charge in [-0.2, -0.15) is 0 Å². The maximum absolute atomic E-state index is 13.0. The first-order valence-corrected chi connectivity index (χ1v) is 9.67. The van der Waals surface area contributed by atoms with E-state index in [1.165, 1.54) is 0 Å². The molecule has 1 aromatic heterocycles. The van der Waals surface area contributed by atoms with Crippen molar-refractivity contribution in [1.82, 2.24) is 14.4 Å². The average Bonchev–Trinajstić information content (AvgIpc) is 3.10. The summed E-state index contributed by atoms with van der Waals surface area (Å²) in [5.74, 6) is 0.386. The number of hydrogen-bond acceptors (Lipinski definition) is 2. The van der Waals surface area contributed by atoms with Crippen LogP contribution >= 0.6 is 0 Å². The SMILES string of the molecule is CC(C)N(CC(=O)N(Cc1cccn1C)C1CC1)C(=O)C1CCCC1. The van der Waals surface area contributed by atoms with Crippen LogP contribution in [0.1, 0.15) is 58.1 Å². The Morgan fingerprint density at radius 1 is 1.20 bits per heavy atom. The number of amides is 2. The van der Waals surface area contributed by atoms with Crippen molar-refractivity contribution in [3.8, 4) is 0 Å². The highest BCUT2D eigenvalue weighted by Crippen LogP contribution is 2.30. The van der Waals surface area contributed by atoms with Crippen LogP contribution in [0.4, 0.5) is 0 Å². The number of carbonyl (C=O) groups is 2. The van der Waals surface area contributed by atoms with Crippen LogP contribution in [-0.2, 0) is 23.2 Å². The van der Waals surface area contributed by atoms with Gasteiger partial charge in [-0.1, -0.05) is 12.8 Å². The zero-order chi connectivity index (χ0) is 18.0. The molecule has 3 rings (SSSR count). The number of nitrogens with zero attached hydrogens (tertiary/aromatic N) is 3. The molecular formula is C20H31N3O2. The van der Waals surface area contributed by atoms with Crippen LogP contribution < -0.4 is 0 Å². The zero-order valence-electron chi connectivity index (χ0n) is 15.8. The van der Waals surface area contributed by atoms with E-state index >= 15 is 0 Å². The average molecular weight is 345 g/mol. The van der Waals surface area contributed by atoms with E-state index in [-0.39, 0.29) is 30.3 Å². The monoisotopic (exact) mass is 345 g/mol. The minimum absolute atomic E-state index is 0.0631. The molecule has 0 saturated heterocycles. The first kappa shape index (κ1) is 18.0. The Labute approximate surface area is 151 Å². The maximum Gasteiger partial charge on any atom is 0.242 e. The zero-order valence-corrected chi connectivity index (χ0v) is 15.8. The molecule has 0 unspecified atom stereocenters. The quantitative estimate of drug-likeness (QED) is 0.763. The molecule has 138 valence electrons. The molecule has 0 bridgehead atoms. The summed E-state index contributed by atoms with van der Waals surface area (Å²) in [5, 5.41) is 0. The standard InChI is InChI=1S/C20H31N3O2/c1-15(2)22(20(25)16-7-4-5-8-16)14-19(24)23(17-10-11-17)13-18-9-6-12-21(18)3/h6,9,12,15-17H,4-5,7-8,10-11,13-14H2,1-3H3. The Hall–Kier alpha value is -1.78. The van der Waals surface area contributed by atoms with Crippen molar-refractivity contribution in [3.63, 3.8) is 0 Å². The Kier molecular flexibility index (Phi) is 5.50. The van der Waals surface area contributed by atoms with E-state index in [4.69, 9.17) is 0 Å². The van der Waals surface area contributed by atoms with Crippen LogP contribution in [0, 0.1) is 5.92 Å². The molecule has 5 heteroatoms. The van der Waals surface area contributed by atoms with E-state index < -0.39 is 0 Å². The van der Waals surface area contributed by atoms with Crippen molar-refractivity contribution in [2.45, 2.75) is 71.0 Å². The van der Waals surface area contributed by atoms with Crippen molar-refractivity contribution in [3.05, 3.63) is 24.0 Å². The van der Waals surface area contributed by atoms with Gasteiger partial charge in [-0.05, 0) is 51.7 Å². The molecule has 5 nitrogen and oxygen atoms in total. The summed E-state index contributed by atoms with van der Waals surface area (Å²) in [5.41, 5.74) is 1.14. The highest BCUT2D eigenvalue weighted by molar-refractivity contribution is 5.86. The van der Waals surface area contributed by atoms with Crippen LogP contribution in [0.15, 0.2) is 18.3 Å². The van der Waals surface area contributed by atoms with Gasteiger partial charge in [0.15, 0.2) is 0 Å². The summed E-state index contributed by atoms with van der Waals surface area (Å²) >= 11 is 0. The molecule has 2 amide bonds. The molecule has 2 fully saturated rings. The summed E-state index contributed by atoms with van der Waals surface area (Å²) in [6.07, 6.45) is 8.39. The number of rotatable bonds is 7. The first-order valence-electron chi connectivity index (χ1n) is 9.67. The van der Waals surface area contributed by atoms with Crippen molar-refractivity contribution in [2.24, 2.45) is 13.0 Å². The van der Waals surface area contributed by atoms with Gasteiger partial charge in [0.25, 0.3) is 0 Å². The van der Waals surface area contributed by atoms with Gasteiger partial charge in [-0.25, -0.2) is 0 Å². The van der Waals surface area contributed by atoms with Crippen molar-refractivity contribution in [2.75, 3.05) is 6.54 Å². The van der Waals surface area contributed by atoms with Gasteiger partial charge in [0.2, 0.25) is 11.8 Å². The molecule has 0 aromatic carbocycles. The van der Waals surface area contributed by atoms with E-state index in [1.807, 2.05) is 38.1 Å². The molecule has 2 aliphatic carbocycles. The van der Waals surface area contributed by atoms with Gasteiger partial charge < -0.3 is 14.4 Å².